The molecular formula is C25H43NO3. The van der Waals surface area contributed by atoms with Gasteiger partial charge in [0, 0.05) is 18.2 Å². The van der Waals surface area contributed by atoms with Gasteiger partial charge in [0.25, 0.3) is 0 Å². The van der Waals surface area contributed by atoms with Crippen LogP contribution in [-0.2, 0) is 16.1 Å². The fraction of sp³-hybridized carbons (Fsp3) is 0.760. The molecule has 4 heteroatoms. The lowest BCUT2D eigenvalue weighted by atomic mass is 10.0. The lowest BCUT2D eigenvalue weighted by molar-refractivity contribution is -0.145. The molecule has 0 saturated carbocycles. The lowest BCUT2D eigenvalue weighted by Crippen LogP contribution is -2.04. The average Bonchev–Trinajstić information content (AvgIpc) is 2.71. The summed E-state index contributed by atoms with van der Waals surface area (Å²) >= 11 is 0. The maximum Gasteiger partial charge on any atom is 0.306 e. The van der Waals surface area contributed by atoms with E-state index >= 15 is 0 Å². The summed E-state index contributed by atoms with van der Waals surface area (Å²) in [5, 5.41) is 9.61. The van der Waals surface area contributed by atoms with Crippen LogP contribution >= 0.6 is 0 Å². The number of aryl methyl sites for hydroxylation is 1. The number of ether oxygens (including phenoxy) is 1. The van der Waals surface area contributed by atoms with Crippen molar-refractivity contribution in [1.29, 1.82) is 0 Å². The number of hydrogen-bond donors (Lipinski definition) is 1. The molecule has 1 aromatic heterocycles. The van der Waals surface area contributed by atoms with Crippen LogP contribution in [0.15, 0.2) is 12.3 Å². The van der Waals surface area contributed by atoms with Crippen LogP contribution in [0.3, 0.4) is 0 Å². The van der Waals surface area contributed by atoms with Crippen molar-refractivity contribution in [3.05, 3.63) is 23.5 Å². The molecule has 0 atom stereocenters. The predicted octanol–water partition coefficient (Wildman–Crippen LogP) is 7.40. The SMILES string of the molecule is CCCCCCCCCCCCCCCCCC(=O)OCc1cnc(C)c(O)c1. The topological polar surface area (TPSA) is 59.4 Å². The zero-order valence-corrected chi connectivity index (χ0v) is 18.9. The molecule has 0 fully saturated rings. The summed E-state index contributed by atoms with van der Waals surface area (Å²) in [5.74, 6) is -0.0271. The minimum Gasteiger partial charge on any atom is -0.506 e. The number of unbranched alkanes of at least 4 members (excludes halogenated alkanes) is 14. The van der Waals surface area contributed by atoms with E-state index < -0.39 is 0 Å². The maximum absolute atomic E-state index is 11.8. The van der Waals surface area contributed by atoms with Crippen LogP contribution in [0.5, 0.6) is 5.75 Å². The van der Waals surface area contributed by atoms with Gasteiger partial charge in [-0.3, -0.25) is 9.78 Å². The Morgan fingerprint density at radius 3 is 1.83 bits per heavy atom. The van der Waals surface area contributed by atoms with Crippen LogP contribution in [0.2, 0.25) is 0 Å². The van der Waals surface area contributed by atoms with E-state index in [1.165, 1.54) is 83.5 Å². The van der Waals surface area contributed by atoms with Crippen molar-refractivity contribution in [3.8, 4) is 5.75 Å². The molecule has 4 nitrogen and oxygen atoms in total. The van der Waals surface area contributed by atoms with Gasteiger partial charge in [-0.25, -0.2) is 0 Å². The largest absolute Gasteiger partial charge is 0.506 e. The van der Waals surface area contributed by atoms with Gasteiger partial charge in [0.1, 0.15) is 12.4 Å². The highest BCUT2D eigenvalue weighted by Crippen LogP contribution is 2.16. The summed E-state index contributed by atoms with van der Waals surface area (Å²) < 4.78 is 5.25. The number of nitrogens with zero attached hydrogens (tertiary/aromatic N) is 1. The number of carbonyl (C=O) groups is 1. The van der Waals surface area contributed by atoms with Crippen molar-refractivity contribution < 1.29 is 14.6 Å². The molecule has 0 bridgehead atoms. The van der Waals surface area contributed by atoms with Gasteiger partial charge >= 0.3 is 5.97 Å². The number of esters is 1. The van der Waals surface area contributed by atoms with Crippen LogP contribution in [-0.4, -0.2) is 16.1 Å². The average molecular weight is 406 g/mol. The molecule has 0 aliphatic carbocycles. The molecular weight excluding hydrogens is 362 g/mol. The van der Waals surface area contributed by atoms with Crippen molar-refractivity contribution in [2.24, 2.45) is 0 Å². The number of pyridine rings is 1. The highest BCUT2D eigenvalue weighted by atomic mass is 16.5. The van der Waals surface area contributed by atoms with E-state index in [0.29, 0.717) is 12.1 Å². The molecule has 1 heterocycles. The summed E-state index contributed by atoms with van der Waals surface area (Å²) in [6.07, 6.45) is 21.9. The van der Waals surface area contributed by atoms with E-state index in [2.05, 4.69) is 11.9 Å². The molecule has 29 heavy (non-hydrogen) atoms. The Hall–Kier alpha value is -1.58. The quantitative estimate of drug-likeness (QED) is 0.204. The van der Waals surface area contributed by atoms with Crippen molar-refractivity contribution in [2.45, 2.75) is 123 Å². The number of rotatable bonds is 18. The molecule has 0 saturated heterocycles. The third kappa shape index (κ3) is 14.1. The van der Waals surface area contributed by atoms with E-state index in [4.69, 9.17) is 4.74 Å². The van der Waals surface area contributed by atoms with Crippen molar-refractivity contribution in [3.63, 3.8) is 0 Å². The third-order valence-corrected chi connectivity index (χ3v) is 5.50. The molecule has 0 amide bonds. The van der Waals surface area contributed by atoms with Gasteiger partial charge in [0.2, 0.25) is 0 Å². The van der Waals surface area contributed by atoms with Gasteiger partial charge < -0.3 is 9.84 Å². The number of hydrogen-bond acceptors (Lipinski definition) is 4. The summed E-state index contributed by atoms with van der Waals surface area (Å²) in [6, 6.07) is 1.60. The van der Waals surface area contributed by atoms with Crippen molar-refractivity contribution in [2.75, 3.05) is 0 Å². The van der Waals surface area contributed by atoms with Gasteiger partial charge in [-0.1, -0.05) is 96.8 Å². The van der Waals surface area contributed by atoms with Crippen molar-refractivity contribution >= 4 is 5.97 Å². The molecule has 0 aliphatic heterocycles. The number of aromatic nitrogens is 1. The van der Waals surface area contributed by atoms with Crippen LogP contribution in [0.4, 0.5) is 0 Å². The van der Waals surface area contributed by atoms with E-state index in [0.717, 1.165) is 18.4 Å². The Bertz CT molecular complexity index is 545. The Morgan fingerprint density at radius 1 is 0.862 bits per heavy atom. The van der Waals surface area contributed by atoms with Crippen LogP contribution in [0.25, 0.3) is 0 Å². The molecule has 0 radical (unpaired) electrons. The van der Waals surface area contributed by atoms with Gasteiger partial charge in [0.15, 0.2) is 0 Å². The molecule has 1 rings (SSSR count). The Kier molecular flexibility index (Phi) is 15.2. The first-order valence-corrected chi connectivity index (χ1v) is 11.9. The normalized spacial score (nSPS) is 11.0. The molecule has 0 spiro atoms. The zero-order valence-electron chi connectivity index (χ0n) is 18.9. The first kappa shape index (κ1) is 25.5. The zero-order chi connectivity index (χ0) is 21.2. The Morgan fingerprint density at radius 2 is 1.34 bits per heavy atom. The molecule has 0 unspecified atom stereocenters. The second-order valence-corrected chi connectivity index (χ2v) is 8.31. The minimum atomic E-state index is -0.167. The van der Waals surface area contributed by atoms with E-state index in [1.54, 1.807) is 19.2 Å². The fourth-order valence-corrected chi connectivity index (χ4v) is 3.52. The fourth-order valence-electron chi connectivity index (χ4n) is 3.52. The molecule has 0 aromatic carbocycles. The maximum atomic E-state index is 11.8. The van der Waals surface area contributed by atoms with E-state index in [-0.39, 0.29) is 18.3 Å². The number of aromatic hydroxyl groups is 1. The summed E-state index contributed by atoms with van der Waals surface area (Å²) in [6.45, 7) is 4.19. The third-order valence-electron chi connectivity index (χ3n) is 5.50. The molecule has 0 aliphatic rings. The van der Waals surface area contributed by atoms with Crippen LogP contribution in [0, 0.1) is 6.92 Å². The monoisotopic (exact) mass is 405 g/mol. The standard InChI is InChI=1S/C25H43NO3/c1-3-4-5-6-7-8-9-10-11-12-13-14-15-16-17-18-25(28)29-21-23-19-24(27)22(2)26-20-23/h19-20,27H,3-18,21H2,1-2H3. The molecule has 1 N–H and O–H groups in total. The minimum absolute atomic E-state index is 0.140. The summed E-state index contributed by atoms with van der Waals surface area (Å²) in [4.78, 5) is 15.9. The predicted molar refractivity (Wildman–Crippen MR) is 120 cm³/mol. The van der Waals surface area contributed by atoms with Gasteiger partial charge in [0.05, 0.1) is 5.69 Å². The second kappa shape index (κ2) is 17.3. The Labute approximate surface area is 178 Å². The van der Waals surface area contributed by atoms with Crippen molar-refractivity contribution in [1.82, 2.24) is 4.98 Å². The Balaban J connectivity index is 1.84. The van der Waals surface area contributed by atoms with Crippen LogP contribution in [0.1, 0.15) is 121 Å². The van der Waals surface area contributed by atoms with Gasteiger partial charge in [-0.15, -0.1) is 0 Å². The lowest BCUT2D eigenvalue weighted by Gasteiger charge is -2.06. The summed E-state index contributed by atoms with van der Waals surface area (Å²) in [7, 11) is 0. The second-order valence-electron chi connectivity index (χ2n) is 8.31. The molecule has 1 aromatic rings. The highest BCUT2D eigenvalue weighted by molar-refractivity contribution is 5.69. The van der Waals surface area contributed by atoms with E-state index in [1.807, 2.05) is 0 Å². The highest BCUT2D eigenvalue weighted by Gasteiger charge is 2.05. The number of carbonyl (C=O) groups excluding carboxylic acids is 1. The first-order valence-electron chi connectivity index (χ1n) is 11.9. The van der Waals surface area contributed by atoms with Gasteiger partial charge in [-0.05, 0) is 19.4 Å². The van der Waals surface area contributed by atoms with Gasteiger partial charge in [-0.2, -0.15) is 0 Å². The first-order chi connectivity index (χ1) is 14.1. The molecule has 166 valence electrons. The smallest absolute Gasteiger partial charge is 0.306 e. The van der Waals surface area contributed by atoms with E-state index in [9.17, 15) is 9.90 Å². The van der Waals surface area contributed by atoms with Crippen LogP contribution < -0.4 is 0 Å². The summed E-state index contributed by atoms with van der Waals surface area (Å²) in [5.41, 5.74) is 1.30.